The van der Waals surface area contributed by atoms with Crippen molar-refractivity contribution in [3.05, 3.63) is 63.6 Å². The van der Waals surface area contributed by atoms with E-state index in [1.165, 1.54) is 0 Å². The van der Waals surface area contributed by atoms with Crippen molar-refractivity contribution in [1.82, 2.24) is 0 Å². The molecule has 0 fully saturated rings. The highest BCUT2D eigenvalue weighted by Crippen LogP contribution is 2.26. The minimum atomic E-state index is -1.05. The fourth-order valence-corrected chi connectivity index (χ4v) is 2.32. The molecular formula is C16H14Cl2O3. The van der Waals surface area contributed by atoms with Crippen LogP contribution in [0.1, 0.15) is 11.1 Å². The SMILES string of the molecule is Cc1c(Cl)cccc1C[C@H](Oc1ccccc1Cl)C(=O)O. The van der Waals surface area contributed by atoms with Gasteiger partial charge in [0.1, 0.15) is 5.75 Å². The normalized spacial score (nSPS) is 12.0. The molecule has 0 bridgehead atoms. The van der Waals surface area contributed by atoms with Crippen LogP contribution < -0.4 is 4.74 Å². The zero-order valence-electron chi connectivity index (χ0n) is 11.3. The zero-order valence-corrected chi connectivity index (χ0v) is 12.9. The molecule has 3 nitrogen and oxygen atoms in total. The first kappa shape index (κ1) is 15.7. The third-order valence-electron chi connectivity index (χ3n) is 3.17. The van der Waals surface area contributed by atoms with E-state index in [4.69, 9.17) is 27.9 Å². The first-order chi connectivity index (χ1) is 9.99. The number of carbonyl (C=O) groups is 1. The maximum absolute atomic E-state index is 11.4. The van der Waals surface area contributed by atoms with Crippen LogP contribution in [0.15, 0.2) is 42.5 Å². The average Bonchev–Trinajstić information content (AvgIpc) is 2.45. The van der Waals surface area contributed by atoms with E-state index in [0.717, 1.165) is 11.1 Å². The van der Waals surface area contributed by atoms with Gasteiger partial charge in [0.05, 0.1) is 5.02 Å². The molecule has 0 saturated carbocycles. The van der Waals surface area contributed by atoms with Gasteiger partial charge in [-0.05, 0) is 36.2 Å². The number of hydrogen-bond acceptors (Lipinski definition) is 2. The molecule has 0 aliphatic heterocycles. The van der Waals surface area contributed by atoms with E-state index in [1.807, 2.05) is 13.0 Å². The summed E-state index contributed by atoms with van der Waals surface area (Å²) in [5.74, 6) is -0.694. The second-order valence-corrected chi connectivity index (χ2v) is 5.42. The highest BCUT2D eigenvalue weighted by Gasteiger charge is 2.22. The highest BCUT2D eigenvalue weighted by molar-refractivity contribution is 6.32. The van der Waals surface area contributed by atoms with E-state index >= 15 is 0 Å². The predicted molar refractivity (Wildman–Crippen MR) is 83.4 cm³/mol. The molecule has 2 rings (SSSR count). The highest BCUT2D eigenvalue weighted by atomic mass is 35.5. The van der Waals surface area contributed by atoms with E-state index in [2.05, 4.69) is 0 Å². The van der Waals surface area contributed by atoms with Crippen LogP contribution in [0, 0.1) is 6.92 Å². The lowest BCUT2D eigenvalue weighted by molar-refractivity contribution is -0.145. The summed E-state index contributed by atoms with van der Waals surface area (Å²) >= 11 is 12.0. The molecule has 2 aromatic carbocycles. The molecule has 0 spiro atoms. The summed E-state index contributed by atoms with van der Waals surface area (Å²) in [6.07, 6.45) is -0.811. The summed E-state index contributed by atoms with van der Waals surface area (Å²) in [5, 5.41) is 10.3. The fraction of sp³-hybridized carbons (Fsp3) is 0.188. The lowest BCUT2D eigenvalue weighted by Gasteiger charge is -2.17. The third-order valence-corrected chi connectivity index (χ3v) is 3.89. The molecular weight excluding hydrogens is 311 g/mol. The number of halogens is 2. The number of carboxylic acids is 1. The van der Waals surface area contributed by atoms with E-state index < -0.39 is 12.1 Å². The molecule has 110 valence electrons. The molecule has 0 aliphatic carbocycles. The van der Waals surface area contributed by atoms with E-state index in [9.17, 15) is 9.90 Å². The molecule has 0 unspecified atom stereocenters. The third kappa shape index (κ3) is 3.90. The van der Waals surface area contributed by atoms with Crippen LogP contribution in [0.5, 0.6) is 5.75 Å². The number of aliphatic carboxylic acids is 1. The molecule has 0 radical (unpaired) electrons. The van der Waals surface area contributed by atoms with Crippen molar-refractivity contribution in [1.29, 1.82) is 0 Å². The summed E-state index contributed by atoms with van der Waals surface area (Å²) in [5.41, 5.74) is 1.69. The van der Waals surface area contributed by atoms with Crippen molar-refractivity contribution in [2.75, 3.05) is 0 Å². The number of carboxylic acid groups (broad SMARTS) is 1. The molecule has 0 aromatic heterocycles. The van der Waals surface area contributed by atoms with E-state index in [-0.39, 0.29) is 6.42 Å². The van der Waals surface area contributed by atoms with Crippen molar-refractivity contribution in [3.8, 4) is 5.75 Å². The van der Waals surface area contributed by atoms with Gasteiger partial charge in [-0.15, -0.1) is 0 Å². The smallest absolute Gasteiger partial charge is 0.345 e. The Balaban J connectivity index is 2.22. The monoisotopic (exact) mass is 324 g/mol. The number of ether oxygens (including phenoxy) is 1. The predicted octanol–water partition coefficient (Wildman–Crippen LogP) is 4.38. The Kier molecular flexibility index (Phi) is 5.10. The van der Waals surface area contributed by atoms with Crippen molar-refractivity contribution < 1.29 is 14.6 Å². The Morgan fingerprint density at radius 2 is 1.81 bits per heavy atom. The largest absolute Gasteiger partial charge is 0.478 e. The Labute approximate surface area is 133 Å². The number of para-hydroxylation sites is 1. The lowest BCUT2D eigenvalue weighted by atomic mass is 10.0. The summed E-state index contributed by atoms with van der Waals surface area (Å²) < 4.78 is 5.53. The van der Waals surface area contributed by atoms with Crippen LogP contribution in [0.25, 0.3) is 0 Å². The van der Waals surface area contributed by atoms with Gasteiger partial charge in [-0.25, -0.2) is 4.79 Å². The van der Waals surface area contributed by atoms with Gasteiger partial charge < -0.3 is 9.84 Å². The second-order valence-electron chi connectivity index (χ2n) is 4.60. The fourth-order valence-electron chi connectivity index (χ4n) is 1.95. The van der Waals surface area contributed by atoms with Crippen molar-refractivity contribution in [2.45, 2.75) is 19.4 Å². The Morgan fingerprint density at radius 1 is 1.14 bits per heavy atom. The molecule has 0 saturated heterocycles. The topological polar surface area (TPSA) is 46.5 Å². The Hall–Kier alpha value is -1.71. The van der Waals surface area contributed by atoms with Crippen LogP contribution in [-0.2, 0) is 11.2 Å². The molecule has 0 amide bonds. The maximum Gasteiger partial charge on any atom is 0.345 e. The lowest BCUT2D eigenvalue weighted by Crippen LogP contribution is -2.29. The van der Waals surface area contributed by atoms with Crippen molar-refractivity contribution in [3.63, 3.8) is 0 Å². The molecule has 1 atom stereocenters. The number of hydrogen-bond donors (Lipinski definition) is 1. The van der Waals surface area contributed by atoms with Gasteiger partial charge >= 0.3 is 5.97 Å². The van der Waals surface area contributed by atoms with Crippen LogP contribution in [-0.4, -0.2) is 17.2 Å². The first-order valence-corrected chi connectivity index (χ1v) is 7.12. The van der Waals surface area contributed by atoms with E-state index in [1.54, 1.807) is 36.4 Å². The molecule has 0 heterocycles. The molecule has 21 heavy (non-hydrogen) atoms. The van der Waals surface area contributed by atoms with Crippen molar-refractivity contribution in [2.24, 2.45) is 0 Å². The average molecular weight is 325 g/mol. The van der Waals surface area contributed by atoms with Gasteiger partial charge in [-0.1, -0.05) is 47.5 Å². The molecule has 0 aliphatic rings. The van der Waals surface area contributed by atoms with Crippen molar-refractivity contribution >= 4 is 29.2 Å². The molecule has 2 aromatic rings. The quantitative estimate of drug-likeness (QED) is 0.887. The number of benzene rings is 2. The zero-order chi connectivity index (χ0) is 15.4. The van der Waals surface area contributed by atoms with Crippen LogP contribution in [0.4, 0.5) is 0 Å². The minimum absolute atomic E-state index is 0.215. The van der Waals surface area contributed by atoms with Crippen LogP contribution in [0.3, 0.4) is 0 Å². The second kappa shape index (κ2) is 6.83. The molecule has 1 N–H and O–H groups in total. The summed E-state index contributed by atoms with van der Waals surface area (Å²) in [4.78, 5) is 11.4. The first-order valence-electron chi connectivity index (χ1n) is 6.37. The van der Waals surface area contributed by atoms with E-state index in [0.29, 0.717) is 15.8 Å². The van der Waals surface area contributed by atoms with Crippen LogP contribution in [0.2, 0.25) is 10.0 Å². The maximum atomic E-state index is 11.4. The summed E-state index contributed by atoms with van der Waals surface area (Å²) in [6.45, 7) is 1.85. The standard InChI is InChI=1S/C16H14Cl2O3/c1-10-11(5-4-7-12(10)17)9-15(16(19)20)21-14-8-3-2-6-13(14)18/h2-8,15H,9H2,1H3,(H,19,20)/t15-/m0/s1. The Bertz CT molecular complexity index is 656. The van der Waals surface area contributed by atoms with Gasteiger partial charge in [0.15, 0.2) is 6.10 Å². The number of rotatable bonds is 5. The van der Waals surface area contributed by atoms with Gasteiger partial charge in [-0.3, -0.25) is 0 Å². The summed E-state index contributed by atoms with van der Waals surface area (Å²) in [7, 11) is 0. The van der Waals surface area contributed by atoms with Gasteiger partial charge in [0.2, 0.25) is 0 Å². The van der Waals surface area contributed by atoms with Gasteiger partial charge in [-0.2, -0.15) is 0 Å². The van der Waals surface area contributed by atoms with Crippen LogP contribution >= 0.6 is 23.2 Å². The van der Waals surface area contributed by atoms with Gasteiger partial charge in [0.25, 0.3) is 0 Å². The Morgan fingerprint density at radius 3 is 2.48 bits per heavy atom. The van der Waals surface area contributed by atoms with Gasteiger partial charge in [0, 0.05) is 11.4 Å². The molecule has 5 heteroatoms. The minimum Gasteiger partial charge on any atom is -0.478 e. The summed E-state index contributed by atoms with van der Waals surface area (Å²) in [6, 6.07) is 12.2.